The minimum absolute atomic E-state index is 0.290. The normalized spacial score (nSPS) is 10.4. The molecule has 0 unspecified atom stereocenters. The lowest BCUT2D eigenvalue weighted by atomic mass is 10.1. The van der Waals surface area contributed by atoms with Crippen molar-refractivity contribution in [2.75, 3.05) is 5.32 Å². The second-order valence-corrected chi connectivity index (χ2v) is 4.82. The van der Waals surface area contributed by atoms with Crippen LogP contribution in [0.2, 0.25) is 0 Å². The van der Waals surface area contributed by atoms with E-state index in [1.165, 1.54) is 18.2 Å². The Balaban J connectivity index is 2.16. The Morgan fingerprint density at radius 3 is 2.72 bits per heavy atom. The number of hydrogen-bond acceptors (Lipinski definition) is 1. The van der Waals surface area contributed by atoms with Gasteiger partial charge in [-0.3, -0.25) is 0 Å². The SMILES string of the molecule is Cc1ccc(F)cc1NCc1cccc(F)c1Br. The molecule has 0 aliphatic carbocycles. The fraction of sp³-hybridized carbons (Fsp3) is 0.143. The molecule has 0 saturated heterocycles. The highest BCUT2D eigenvalue weighted by molar-refractivity contribution is 9.10. The largest absolute Gasteiger partial charge is 0.381 e. The molecule has 1 nitrogen and oxygen atoms in total. The molecule has 0 amide bonds. The Bertz CT molecular complexity index is 568. The van der Waals surface area contributed by atoms with E-state index in [0.717, 1.165) is 11.1 Å². The number of anilines is 1. The van der Waals surface area contributed by atoms with Gasteiger partial charge in [-0.25, -0.2) is 8.78 Å². The summed E-state index contributed by atoms with van der Waals surface area (Å²) in [5, 5.41) is 3.10. The van der Waals surface area contributed by atoms with E-state index >= 15 is 0 Å². The van der Waals surface area contributed by atoms with Gasteiger partial charge in [-0.15, -0.1) is 0 Å². The summed E-state index contributed by atoms with van der Waals surface area (Å²) in [7, 11) is 0. The van der Waals surface area contributed by atoms with E-state index in [9.17, 15) is 8.78 Å². The van der Waals surface area contributed by atoms with Gasteiger partial charge in [-0.2, -0.15) is 0 Å². The van der Waals surface area contributed by atoms with E-state index < -0.39 is 0 Å². The molecule has 2 aromatic rings. The summed E-state index contributed by atoms with van der Waals surface area (Å²) < 4.78 is 26.9. The summed E-state index contributed by atoms with van der Waals surface area (Å²) >= 11 is 3.20. The average molecular weight is 312 g/mol. The van der Waals surface area contributed by atoms with Crippen molar-refractivity contribution >= 4 is 21.6 Å². The quantitative estimate of drug-likeness (QED) is 0.870. The van der Waals surface area contributed by atoms with Crippen LogP contribution in [0.15, 0.2) is 40.9 Å². The van der Waals surface area contributed by atoms with Crippen molar-refractivity contribution in [3.63, 3.8) is 0 Å². The van der Waals surface area contributed by atoms with E-state index in [2.05, 4.69) is 21.2 Å². The molecule has 2 aromatic carbocycles. The number of rotatable bonds is 3. The molecule has 0 spiro atoms. The molecule has 0 aliphatic heterocycles. The number of hydrogen-bond donors (Lipinski definition) is 1. The molecular formula is C14H12BrF2N. The van der Waals surface area contributed by atoms with Gasteiger partial charge in [-0.05, 0) is 52.2 Å². The zero-order valence-electron chi connectivity index (χ0n) is 9.81. The summed E-state index contributed by atoms with van der Waals surface area (Å²) in [4.78, 5) is 0. The van der Waals surface area contributed by atoms with Gasteiger partial charge in [0.05, 0.1) is 4.47 Å². The van der Waals surface area contributed by atoms with Crippen LogP contribution in [0.25, 0.3) is 0 Å². The minimum Gasteiger partial charge on any atom is -0.381 e. The summed E-state index contributed by atoms with van der Waals surface area (Å²) in [6, 6.07) is 9.41. The van der Waals surface area contributed by atoms with E-state index in [4.69, 9.17) is 0 Å². The molecule has 0 aromatic heterocycles. The average Bonchev–Trinajstić information content (AvgIpc) is 2.35. The van der Waals surface area contributed by atoms with Crippen molar-refractivity contribution in [3.05, 3.63) is 63.6 Å². The lowest BCUT2D eigenvalue weighted by Crippen LogP contribution is -2.02. The minimum atomic E-state index is -0.301. The third-order valence-corrected chi connectivity index (χ3v) is 3.59. The Kier molecular flexibility index (Phi) is 3.97. The van der Waals surface area contributed by atoms with Crippen LogP contribution < -0.4 is 5.32 Å². The number of nitrogens with one attached hydrogen (secondary N) is 1. The molecule has 0 heterocycles. The number of benzene rings is 2. The molecule has 2 rings (SSSR count). The van der Waals surface area contributed by atoms with Gasteiger partial charge in [0.25, 0.3) is 0 Å². The summed E-state index contributed by atoms with van der Waals surface area (Å²) in [5.41, 5.74) is 2.45. The van der Waals surface area contributed by atoms with Crippen LogP contribution in [-0.2, 0) is 6.54 Å². The Morgan fingerprint density at radius 1 is 1.17 bits per heavy atom. The lowest BCUT2D eigenvalue weighted by Gasteiger charge is -2.11. The van der Waals surface area contributed by atoms with Crippen LogP contribution in [0.5, 0.6) is 0 Å². The summed E-state index contributed by atoms with van der Waals surface area (Å²) in [6.45, 7) is 2.32. The maximum Gasteiger partial charge on any atom is 0.137 e. The van der Waals surface area contributed by atoms with Gasteiger partial charge in [0.15, 0.2) is 0 Å². The molecule has 94 valence electrons. The molecule has 0 atom stereocenters. The van der Waals surface area contributed by atoms with Crippen molar-refractivity contribution in [1.29, 1.82) is 0 Å². The maximum atomic E-state index is 13.3. The molecule has 0 radical (unpaired) electrons. The van der Waals surface area contributed by atoms with E-state index in [0.29, 0.717) is 16.7 Å². The van der Waals surface area contributed by atoms with E-state index in [1.807, 2.05) is 13.0 Å². The van der Waals surface area contributed by atoms with Crippen molar-refractivity contribution in [3.8, 4) is 0 Å². The summed E-state index contributed by atoms with van der Waals surface area (Å²) in [6.07, 6.45) is 0. The predicted octanol–water partition coefficient (Wildman–Crippen LogP) is 4.65. The van der Waals surface area contributed by atoms with Crippen LogP contribution in [0.1, 0.15) is 11.1 Å². The molecule has 0 saturated carbocycles. The van der Waals surface area contributed by atoms with Gasteiger partial charge >= 0.3 is 0 Å². The first-order valence-electron chi connectivity index (χ1n) is 5.51. The van der Waals surface area contributed by atoms with Gasteiger partial charge in [-0.1, -0.05) is 18.2 Å². The van der Waals surface area contributed by atoms with E-state index in [-0.39, 0.29) is 11.6 Å². The fourth-order valence-electron chi connectivity index (χ4n) is 1.66. The van der Waals surface area contributed by atoms with Gasteiger partial charge < -0.3 is 5.32 Å². The molecule has 0 fully saturated rings. The van der Waals surface area contributed by atoms with Gasteiger partial charge in [0.1, 0.15) is 11.6 Å². The smallest absolute Gasteiger partial charge is 0.137 e. The standard InChI is InChI=1S/C14H12BrF2N/c1-9-5-6-11(16)7-13(9)18-8-10-3-2-4-12(17)14(10)15/h2-7,18H,8H2,1H3. The first-order valence-corrected chi connectivity index (χ1v) is 6.30. The molecule has 4 heteroatoms. The van der Waals surface area contributed by atoms with Crippen molar-refractivity contribution in [2.45, 2.75) is 13.5 Å². The Hall–Kier alpha value is -1.42. The zero-order valence-corrected chi connectivity index (χ0v) is 11.4. The van der Waals surface area contributed by atoms with Crippen LogP contribution in [0.3, 0.4) is 0 Å². The molecule has 0 bridgehead atoms. The molecule has 18 heavy (non-hydrogen) atoms. The maximum absolute atomic E-state index is 13.3. The highest BCUT2D eigenvalue weighted by Crippen LogP contribution is 2.22. The molecule has 0 aliphatic rings. The first kappa shape index (κ1) is 13.0. The Morgan fingerprint density at radius 2 is 1.94 bits per heavy atom. The second kappa shape index (κ2) is 5.48. The van der Waals surface area contributed by atoms with Gasteiger partial charge in [0, 0.05) is 12.2 Å². The lowest BCUT2D eigenvalue weighted by molar-refractivity contribution is 0.618. The highest BCUT2D eigenvalue weighted by atomic mass is 79.9. The van der Waals surface area contributed by atoms with Crippen molar-refractivity contribution in [2.24, 2.45) is 0 Å². The van der Waals surface area contributed by atoms with Crippen LogP contribution in [-0.4, -0.2) is 0 Å². The zero-order chi connectivity index (χ0) is 13.1. The second-order valence-electron chi connectivity index (χ2n) is 4.03. The van der Waals surface area contributed by atoms with Crippen LogP contribution in [0, 0.1) is 18.6 Å². The highest BCUT2D eigenvalue weighted by Gasteiger charge is 2.06. The van der Waals surface area contributed by atoms with Crippen LogP contribution in [0.4, 0.5) is 14.5 Å². The fourth-order valence-corrected chi connectivity index (χ4v) is 2.06. The Labute approximate surface area is 113 Å². The number of halogens is 3. The number of aryl methyl sites for hydroxylation is 1. The molecular weight excluding hydrogens is 300 g/mol. The summed E-state index contributed by atoms with van der Waals surface area (Å²) in [5.74, 6) is -0.591. The monoisotopic (exact) mass is 311 g/mol. The first-order chi connectivity index (χ1) is 8.58. The predicted molar refractivity (Wildman–Crippen MR) is 72.6 cm³/mol. The topological polar surface area (TPSA) is 12.0 Å². The van der Waals surface area contributed by atoms with E-state index in [1.54, 1.807) is 12.1 Å². The van der Waals surface area contributed by atoms with Crippen LogP contribution >= 0.6 is 15.9 Å². The third-order valence-electron chi connectivity index (χ3n) is 2.70. The molecule has 1 N–H and O–H groups in total. The van der Waals surface area contributed by atoms with Crippen molar-refractivity contribution in [1.82, 2.24) is 0 Å². The van der Waals surface area contributed by atoms with Gasteiger partial charge in [0.2, 0.25) is 0 Å². The third kappa shape index (κ3) is 2.88. The van der Waals surface area contributed by atoms with Crippen molar-refractivity contribution < 1.29 is 8.78 Å².